The van der Waals surface area contributed by atoms with E-state index in [0.717, 1.165) is 0 Å². The molecule has 2 aromatic rings. The number of amides is 1. The molecule has 0 spiro atoms. The molecule has 3 saturated carbocycles. The van der Waals surface area contributed by atoms with E-state index in [1.807, 2.05) is 0 Å². The number of Topliss-reactive ketones (excluding diaryl/α,β-unsaturated/α-hetero) is 2. The molecule has 4 aliphatic rings. The molecule has 330 valence electrons. The maximum atomic E-state index is 15.2. The fourth-order valence-electron chi connectivity index (χ4n) is 10.3. The van der Waals surface area contributed by atoms with Crippen molar-refractivity contribution in [2.75, 3.05) is 6.61 Å². The summed E-state index contributed by atoms with van der Waals surface area (Å²) in [6.07, 6.45) is -9.59. The Kier molecular flexibility index (Phi) is 12.2. The molecular formula is C46H57NO14. The summed E-state index contributed by atoms with van der Waals surface area (Å²) >= 11 is 0. The number of aliphatic hydroxyl groups excluding tert-OH is 2. The summed E-state index contributed by atoms with van der Waals surface area (Å²) in [5, 5.41) is 39.7. The number of fused-ring (bicyclic) bond motifs is 5. The Bertz CT molecular complexity index is 2070. The van der Waals surface area contributed by atoms with Crippen LogP contribution in [0.25, 0.3) is 0 Å². The Morgan fingerprint density at radius 1 is 0.951 bits per heavy atom. The SMILES string of the molecule is C=C(C)C1(C)C2C(=O)C(=O)C3(C)C(O)CC4OCC4(OC(C)=O)C3CC(OC(=O)c3ccccc3)C1(O)CC(OC(=O)C(O)C(NC(=O)OC(C)(C)C)c1ccccc1)C2C. The predicted molar refractivity (Wildman–Crippen MR) is 216 cm³/mol. The van der Waals surface area contributed by atoms with Gasteiger partial charge in [-0.3, -0.25) is 14.4 Å². The van der Waals surface area contributed by atoms with Gasteiger partial charge in [-0.05, 0) is 58.7 Å². The van der Waals surface area contributed by atoms with Crippen LogP contribution in [0.2, 0.25) is 0 Å². The first-order chi connectivity index (χ1) is 28.4. The summed E-state index contributed by atoms with van der Waals surface area (Å²) in [6, 6.07) is 14.7. The van der Waals surface area contributed by atoms with E-state index in [1.54, 1.807) is 90.1 Å². The van der Waals surface area contributed by atoms with Crippen LogP contribution in [0.1, 0.15) is 96.6 Å². The number of carbonyl (C=O) groups excluding carboxylic acids is 6. The molecule has 13 unspecified atom stereocenters. The zero-order chi connectivity index (χ0) is 45.0. The lowest BCUT2D eigenvalue weighted by Crippen LogP contribution is -2.75. The van der Waals surface area contributed by atoms with Gasteiger partial charge in [0.1, 0.15) is 29.5 Å². The summed E-state index contributed by atoms with van der Waals surface area (Å²) in [7, 11) is 0. The van der Waals surface area contributed by atoms with Crippen LogP contribution < -0.4 is 5.32 Å². The molecule has 3 aliphatic carbocycles. The summed E-state index contributed by atoms with van der Waals surface area (Å²) in [5.41, 5.74) is -7.93. The van der Waals surface area contributed by atoms with E-state index in [2.05, 4.69) is 11.9 Å². The average Bonchev–Trinajstić information content (AvgIpc) is 3.20. The Morgan fingerprint density at radius 3 is 2.10 bits per heavy atom. The largest absolute Gasteiger partial charge is 0.460 e. The Hall–Kier alpha value is -4.96. The molecule has 2 bridgehead atoms. The number of esters is 3. The van der Waals surface area contributed by atoms with E-state index in [9.17, 15) is 34.5 Å². The third kappa shape index (κ3) is 7.78. The van der Waals surface area contributed by atoms with Gasteiger partial charge < -0.3 is 44.3 Å². The van der Waals surface area contributed by atoms with Crippen molar-refractivity contribution < 1.29 is 67.8 Å². The van der Waals surface area contributed by atoms with E-state index in [4.69, 9.17) is 23.7 Å². The molecule has 15 heteroatoms. The zero-order valence-corrected chi connectivity index (χ0v) is 35.8. The third-order valence-corrected chi connectivity index (χ3v) is 13.8. The molecule has 1 amide bonds. The lowest BCUT2D eigenvalue weighted by molar-refractivity contribution is -0.322. The lowest BCUT2D eigenvalue weighted by Gasteiger charge is -2.62. The predicted octanol–water partition coefficient (Wildman–Crippen LogP) is 4.35. The molecule has 6 rings (SSSR count). The summed E-state index contributed by atoms with van der Waals surface area (Å²) in [5.74, 6) is -8.73. The molecule has 61 heavy (non-hydrogen) atoms. The highest BCUT2D eigenvalue weighted by Gasteiger charge is 2.75. The number of carbonyl (C=O) groups is 6. The van der Waals surface area contributed by atoms with Crippen LogP contribution in [0.4, 0.5) is 4.79 Å². The first-order valence-electron chi connectivity index (χ1n) is 20.6. The lowest BCUT2D eigenvalue weighted by atomic mass is 9.49. The van der Waals surface area contributed by atoms with Crippen LogP contribution in [0.15, 0.2) is 72.8 Å². The smallest absolute Gasteiger partial charge is 0.408 e. The van der Waals surface area contributed by atoms with Gasteiger partial charge in [0, 0.05) is 42.9 Å². The van der Waals surface area contributed by atoms with Gasteiger partial charge in [-0.15, -0.1) is 0 Å². The number of nitrogens with one attached hydrogen (secondary N) is 1. The fourth-order valence-corrected chi connectivity index (χ4v) is 10.3. The van der Waals surface area contributed by atoms with Gasteiger partial charge in [0.05, 0.1) is 29.7 Å². The second-order valence-corrected chi connectivity index (χ2v) is 18.5. The molecule has 4 N–H and O–H groups in total. The molecular weight excluding hydrogens is 790 g/mol. The molecule has 13 atom stereocenters. The van der Waals surface area contributed by atoms with E-state index >= 15 is 9.59 Å². The van der Waals surface area contributed by atoms with Crippen molar-refractivity contribution in [1.29, 1.82) is 0 Å². The second kappa shape index (κ2) is 16.4. The second-order valence-electron chi connectivity index (χ2n) is 18.5. The molecule has 1 saturated heterocycles. The zero-order valence-electron chi connectivity index (χ0n) is 35.8. The van der Waals surface area contributed by atoms with Gasteiger partial charge in [-0.2, -0.15) is 0 Å². The van der Waals surface area contributed by atoms with Gasteiger partial charge in [0.2, 0.25) is 11.6 Å². The van der Waals surface area contributed by atoms with Gasteiger partial charge >= 0.3 is 24.0 Å². The van der Waals surface area contributed by atoms with Crippen LogP contribution in [-0.4, -0.2) is 105 Å². The number of alkyl carbamates (subject to hydrolysis) is 1. The van der Waals surface area contributed by atoms with Crippen molar-refractivity contribution >= 4 is 35.6 Å². The van der Waals surface area contributed by atoms with E-state index in [1.165, 1.54) is 26.0 Å². The average molecular weight is 848 g/mol. The quantitative estimate of drug-likeness (QED) is 0.119. The first kappa shape index (κ1) is 45.6. The van der Waals surface area contributed by atoms with E-state index in [0.29, 0.717) is 5.56 Å². The number of aliphatic hydroxyl groups is 3. The van der Waals surface area contributed by atoms with Gasteiger partial charge in [0.15, 0.2) is 11.7 Å². The Labute approximate surface area is 355 Å². The van der Waals surface area contributed by atoms with Crippen molar-refractivity contribution in [3.63, 3.8) is 0 Å². The summed E-state index contributed by atoms with van der Waals surface area (Å²) < 4.78 is 29.6. The number of benzene rings is 2. The first-order valence-corrected chi connectivity index (χ1v) is 20.6. The summed E-state index contributed by atoms with van der Waals surface area (Å²) in [4.78, 5) is 84.4. The highest BCUT2D eigenvalue weighted by Crippen LogP contribution is 2.63. The van der Waals surface area contributed by atoms with Crippen LogP contribution in [0.3, 0.4) is 0 Å². The van der Waals surface area contributed by atoms with Crippen LogP contribution in [0, 0.1) is 28.6 Å². The number of rotatable bonds is 9. The van der Waals surface area contributed by atoms with Crippen molar-refractivity contribution in [2.45, 2.75) is 128 Å². The van der Waals surface area contributed by atoms with Gasteiger partial charge in [-0.25, -0.2) is 14.4 Å². The molecule has 15 nitrogen and oxygen atoms in total. The number of ether oxygens (including phenoxy) is 5. The molecule has 1 heterocycles. The van der Waals surface area contributed by atoms with Crippen molar-refractivity contribution in [2.24, 2.45) is 28.6 Å². The monoisotopic (exact) mass is 847 g/mol. The third-order valence-electron chi connectivity index (χ3n) is 13.8. The maximum Gasteiger partial charge on any atom is 0.408 e. The molecule has 0 aromatic heterocycles. The number of hydrogen-bond donors (Lipinski definition) is 4. The molecule has 4 fully saturated rings. The Morgan fingerprint density at radius 2 is 1.56 bits per heavy atom. The van der Waals surface area contributed by atoms with Crippen molar-refractivity contribution in [3.05, 3.63) is 83.9 Å². The molecule has 0 radical (unpaired) electrons. The summed E-state index contributed by atoms with van der Waals surface area (Å²) in [6.45, 7) is 16.2. The minimum atomic E-state index is -2.37. The topological polar surface area (TPSA) is 221 Å². The number of hydrogen-bond acceptors (Lipinski definition) is 14. The normalized spacial score (nSPS) is 35.5. The van der Waals surface area contributed by atoms with Gasteiger partial charge in [-0.1, -0.05) is 74.5 Å². The standard InChI is InChI=1S/C46H57NO14/c1-24(2)44(9)34-25(3)29(58-40(54)37(51)35(27-16-12-10-13-17-27)47-41(55)61-42(5,6)7)22-46(44,56)33(59-39(53)28-18-14-11-15-19-28)20-30-43(8,38(52)36(34)50)31(49)21-32-45(30,23-57-32)60-26(4)48/h10-19,25,29-35,37,49,51,56H,1,20-23H2,2-9H3,(H,47,55). The highest BCUT2D eigenvalue weighted by molar-refractivity contribution is 6.40. The molecule has 2 aromatic carbocycles. The van der Waals surface area contributed by atoms with Crippen molar-refractivity contribution in [3.8, 4) is 0 Å². The van der Waals surface area contributed by atoms with E-state index in [-0.39, 0.29) is 24.2 Å². The minimum absolute atomic E-state index is 0.109. The maximum absolute atomic E-state index is 15.2. The van der Waals surface area contributed by atoms with Crippen LogP contribution >= 0.6 is 0 Å². The van der Waals surface area contributed by atoms with E-state index < -0.39 is 130 Å². The van der Waals surface area contributed by atoms with Crippen molar-refractivity contribution in [1.82, 2.24) is 5.32 Å². The highest BCUT2D eigenvalue weighted by atomic mass is 16.6. The Balaban J connectivity index is 1.49. The molecule has 1 aliphatic heterocycles. The number of ketones is 2. The van der Waals surface area contributed by atoms with Gasteiger partial charge in [0.25, 0.3) is 0 Å². The van der Waals surface area contributed by atoms with Crippen LogP contribution in [0.5, 0.6) is 0 Å². The van der Waals surface area contributed by atoms with Crippen LogP contribution in [-0.2, 0) is 42.9 Å². The fraction of sp³-hybridized carbons (Fsp3) is 0.565. The minimum Gasteiger partial charge on any atom is -0.460 e.